The van der Waals surface area contributed by atoms with E-state index in [4.69, 9.17) is 26.1 Å². The molecule has 4 aromatic rings. The summed E-state index contributed by atoms with van der Waals surface area (Å²) in [6.07, 6.45) is 0.925. The van der Waals surface area contributed by atoms with E-state index >= 15 is 0 Å². The van der Waals surface area contributed by atoms with Crippen LogP contribution in [-0.4, -0.2) is 32.2 Å². The fourth-order valence-corrected chi connectivity index (χ4v) is 5.49. The zero-order valence-electron chi connectivity index (χ0n) is 20.4. The molecule has 4 aromatic carbocycles. The number of rotatable bonds is 4. The molecule has 1 unspecified atom stereocenters. The van der Waals surface area contributed by atoms with Gasteiger partial charge in [0.1, 0.15) is 0 Å². The van der Waals surface area contributed by atoms with Crippen LogP contribution in [0.3, 0.4) is 0 Å². The third-order valence-corrected chi connectivity index (χ3v) is 7.37. The Kier molecular flexibility index (Phi) is 5.90. The SMILES string of the molecule is COc1cc2c(cc1OC)C1=c3cc(Cl)ccc3=NC(c3ccc(-c4ccccc4)cc3)CN1CC2. The molecule has 4 nitrogen and oxygen atoms in total. The highest BCUT2D eigenvalue weighted by atomic mass is 35.5. The van der Waals surface area contributed by atoms with Crippen LogP contribution in [0.25, 0.3) is 16.8 Å². The van der Waals surface area contributed by atoms with E-state index in [1.807, 2.05) is 24.3 Å². The number of benzene rings is 4. The molecule has 0 bridgehead atoms. The van der Waals surface area contributed by atoms with Gasteiger partial charge in [-0.2, -0.15) is 0 Å². The molecule has 0 aromatic heterocycles. The zero-order chi connectivity index (χ0) is 24.6. The van der Waals surface area contributed by atoms with Crippen LogP contribution >= 0.6 is 11.6 Å². The summed E-state index contributed by atoms with van der Waals surface area (Å²) in [5, 5.41) is 2.71. The summed E-state index contributed by atoms with van der Waals surface area (Å²) in [5.74, 6) is 1.48. The molecule has 1 atom stereocenters. The Labute approximate surface area is 216 Å². The third-order valence-electron chi connectivity index (χ3n) is 7.14. The van der Waals surface area contributed by atoms with Gasteiger partial charge in [-0.05, 0) is 59.0 Å². The highest BCUT2D eigenvalue weighted by Crippen LogP contribution is 2.38. The number of nitrogens with zero attached hydrogens (tertiary/aromatic N) is 2. The van der Waals surface area contributed by atoms with E-state index in [0.29, 0.717) is 5.02 Å². The Morgan fingerprint density at radius 1 is 0.833 bits per heavy atom. The maximum absolute atomic E-state index is 6.51. The Bertz CT molecular complexity index is 1550. The average molecular weight is 495 g/mol. The van der Waals surface area contributed by atoms with Crippen molar-refractivity contribution in [3.63, 3.8) is 0 Å². The molecule has 2 aliphatic heterocycles. The van der Waals surface area contributed by atoms with E-state index < -0.39 is 0 Å². The first-order chi connectivity index (χ1) is 17.6. The molecule has 0 radical (unpaired) electrons. The van der Waals surface area contributed by atoms with E-state index in [-0.39, 0.29) is 6.04 Å². The molecule has 0 fully saturated rings. The molecule has 0 saturated heterocycles. The molecule has 6 rings (SSSR count). The van der Waals surface area contributed by atoms with Crippen LogP contribution in [0.5, 0.6) is 11.5 Å². The zero-order valence-corrected chi connectivity index (χ0v) is 21.1. The molecular weight excluding hydrogens is 468 g/mol. The van der Waals surface area contributed by atoms with Crippen molar-refractivity contribution in [3.8, 4) is 22.6 Å². The minimum Gasteiger partial charge on any atom is -0.493 e. The van der Waals surface area contributed by atoms with Crippen molar-refractivity contribution >= 4 is 17.3 Å². The maximum Gasteiger partial charge on any atom is 0.161 e. The molecule has 2 aliphatic rings. The van der Waals surface area contributed by atoms with Crippen molar-refractivity contribution in [2.24, 2.45) is 4.99 Å². The van der Waals surface area contributed by atoms with Crippen molar-refractivity contribution in [2.45, 2.75) is 12.5 Å². The lowest BCUT2D eigenvalue weighted by atomic mass is 9.93. The van der Waals surface area contributed by atoms with Crippen LogP contribution in [0.15, 0.2) is 89.9 Å². The Morgan fingerprint density at radius 2 is 1.56 bits per heavy atom. The van der Waals surface area contributed by atoms with Crippen LogP contribution in [0.4, 0.5) is 0 Å². The lowest BCUT2D eigenvalue weighted by Gasteiger charge is -2.34. The molecular formula is C31H27ClN2O2. The Balaban J connectivity index is 1.49. The van der Waals surface area contributed by atoms with Gasteiger partial charge in [0.2, 0.25) is 0 Å². The highest BCUT2D eigenvalue weighted by Gasteiger charge is 2.28. The third kappa shape index (κ3) is 4.02. The van der Waals surface area contributed by atoms with Gasteiger partial charge >= 0.3 is 0 Å². The summed E-state index contributed by atoms with van der Waals surface area (Å²) in [7, 11) is 3.36. The van der Waals surface area contributed by atoms with Crippen molar-refractivity contribution in [2.75, 3.05) is 27.3 Å². The fourth-order valence-electron chi connectivity index (χ4n) is 5.32. The van der Waals surface area contributed by atoms with E-state index in [9.17, 15) is 0 Å². The highest BCUT2D eigenvalue weighted by molar-refractivity contribution is 6.30. The van der Waals surface area contributed by atoms with Crippen LogP contribution in [0, 0.1) is 0 Å². The van der Waals surface area contributed by atoms with Crippen LogP contribution in [0.2, 0.25) is 5.02 Å². The first kappa shape index (κ1) is 22.7. The summed E-state index contributed by atoms with van der Waals surface area (Å²) in [6, 6.07) is 29.5. The van der Waals surface area contributed by atoms with Gasteiger partial charge in [-0.3, -0.25) is 4.99 Å². The Hall–Kier alpha value is -3.76. The normalized spacial score (nSPS) is 16.2. The smallest absolute Gasteiger partial charge is 0.161 e. The molecule has 180 valence electrons. The van der Waals surface area contributed by atoms with Gasteiger partial charge in [-0.25, -0.2) is 0 Å². The van der Waals surface area contributed by atoms with E-state index in [2.05, 4.69) is 65.6 Å². The van der Waals surface area contributed by atoms with Crippen molar-refractivity contribution < 1.29 is 9.47 Å². The van der Waals surface area contributed by atoms with E-state index in [1.165, 1.54) is 22.3 Å². The van der Waals surface area contributed by atoms with E-state index in [1.54, 1.807) is 14.2 Å². The number of methoxy groups -OCH3 is 2. The molecule has 36 heavy (non-hydrogen) atoms. The summed E-state index contributed by atoms with van der Waals surface area (Å²) < 4.78 is 11.2. The van der Waals surface area contributed by atoms with Gasteiger partial charge in [0.05, 0.1) is 31.3 Å². The number of halogens is 1. The molecule has 0 N–H and O–H groups in total. The number of ether oxygens (including phenoxy) is 2. The summed E-state index contributed by atoms with van der Waals surface area (Å²) in [5.41, 5.74) is 7.18. The van der Waals surface area contributed by atoms with Crippen LogP contribution in [0.1, 0.15) is 22.7 Å². The van der Waals surface area contributed by atoms with Crippen LogP contribution < -0.4 is 20.0 Å². The second kappa shape index (κ2) is 9.36. The number of hydrogen-bond acceptors (Lipinski definition) is 4. The van der Waals surface area contributed by atoms with Gasteiger partial charge in [-0.15, -0.1) is 0 Å². The van der Waals surface area contributed by atoms with Gasteiger partial charge in [-0.1, -0.05) is 66.2 Å². The predicted octanol–water partition coefficient (Wildman–Crippen LogP) is 5.41. The monoisotopic (exact) mass is 494 g/mol. The molecule has 0 aliphatic carbocycles. The standard InChI is InChI=1S/C31H27ClN2O2/c1-35-29-16-23-14-15-34-19-28(22-10-8-21(9-11-22)20-6-4-3-5-7-20)33-27-13-12-24(32)17-26(27)31(34)25(23)18-30(29)36-2/h3-13,16-18,28H,14-15,19H2,1-2H3. The largest absolute Gasteiger partial charge is 0.493 e. The van der Waals surface area contributed by atoms with Gasteiger partial charge < -0.3 is 14.4 Å². The second-order valence-corrected chi connectivity index (χ2v) is 9.64. The lowest BCUT2D eigenvalue weighted by Crippen LogP contribution is -2.37. The van der Waals surface area contributed by atoms with Crippen molar-refractivity contribution in [1.82, 2.24) is 4.90 Å². The summed E-state index contributed by atoms with van der Waals surface area (Å²) in [4.78, 5) is 7.70. The predicted molar refractivity (Wildman–Crippen MR) is 144 cm³/mol. The van der Waals surface area contributed by atoms with Crippen molar-refractivity contribution in [1.29, 1.82) is 0 Å². The van der Waals surface area contributed by atoms with Gasteiger partial charge in [0, 0.05) is 28.9 Å². The minimum absolute atomic E-state index is 0.00828. The lowest BCUT2D eigenvalue weighted by molar-refractivity contribution is 0.347. The van der Waals surface area contributed by atoms with E-state index in [0.717, 1.165) is 52.8 Å². The summed E-state index contributed by atoms with van der Waals surface area (Å²) >= 11 is 6.51. The Morgan fingerprint density at radius 3 is 2.31 bits per heavy atom. The first-order valence-electron chi connectivity index (χ1n) is 12.2. The molecule has 5 heteroatoms. The molecule has 0 amide bonds. The quantitative estimate of drug-likeness (QED) is 0.380. The molecule has 2 heterocycles. The molecule has 0 spiro atoms. The van der Waals surface area contributed by atoms with Gasteiger partial charge in [0.15, 0.2) is 11.5 Å². The fraction of sp³-hybridized carbons (Fsp3) is 0.194. The second-order valence-electron chi connectivity index (χ2n) is 9.20. The number of fused-ring (bicyclic) bond motifs is 4. The molecule has 0 saturated carbocycles. The maximum atomic E-state index is 6.51. The van der Waals surface area contributed by atoms with Crippen molar-refractivity contribution in [3.05, 3.63) is 117 Å². The van der Waals surface area contributed by atoms with Crippen LogP contribution in [-0.2, 0) is 6.42 Å². The minimum atomic E-state index is 0.00828. The topological polar surface area (TPSA) is 34.1 Å². The number of hydrogen-bond donors (Lipinski definition) is 0. The average Bonchev–Trinajstić information content (AvgIpc) is 3.09. The van der Waals surface area contributed by atoms with Gasteiger partial charge in [0.25, 0.3) is 0 Å². The summed E-state index contributed by atoms with van der Waals surface area (Å²) in [6.45, 7) is 1.69. The first-order valence-corrected chi connectivity index (χ1v) is 12.6.